The number of carbonyl (C=O) groups excluding carboxylic acids is 1. The number of carbonyl (C=O) groups is 1. The van der Waals surface area contributed by atoms with Gasteiger partial charge in [-0.2, -0.15) is 0 Å². The average Bonchev–Trinajstić information content (AvgIpc) is 2.46. The molecule has 2 unspecified atom stereocenters. The molecule has 1 aliphatic carbocycles. The van der Waals surface area contributed by atoms with Crippen molar-refractivity contribution < 1.29 is 13.2 Å². The second-order valence-corrected chi connectivity index (χ2v) is 6.00. The van der Waals surface area contributed by atoms with Crippen LogP contribution in [-0.4, -0.2) is 32.3 Å². The maximum Gasteiger partial charge on any atom is 0.147 e. The van der Waals surface area contributed by atoms with Crippen molar-refractivity contribution in [2.24, 2.45) is 11.7 Å². The van der Waals surface area contributed by atoms with Crippen LogP contribution in [0.1, 0.15) is 12.8 Å². The Morgan fingerprint density at radius 3 is 2.57 bits per heavy atom. The smallest absolute Gasteiger partial charge is 0.147 e. The third kappa shape index (κ3) is 3.59. The predicted molar refractivity (Wildman–Crippen MR) is 54.6 cm³/mol. The number of sulfone groups is 1. The molecule has 0 bridgehead atoms. The minimum atomic E-state index is -3.04. The van der Waals surface area contributed by atoms with Gasteiger partial charge in [0.25, 0.3) is 0 Å². The molecule has 0 saturated heterocycles. The number of hydrogen-bond donors (Lipinski definition) is 1. The monoisotopic (exact) mass is 217 g/mol. The average molecular weight is 217 g/mol. The van der Waals surface area contributed by atoms with Crippen molar-refractivity contribution in [2.75, 3.05) is 12.0 Å². The Morgan fingerprint density at radius 2 is 2.14 bits per heavy atom. The van der Waals surface area contributed by atoms with E-state index in [1.54, 1.807) is 12.2 Å². The van der Waals surface area contributed by atoms with Gasteiger partial charge in [0.2, 0.25) is 0 Å². The van der Waals surface area contributed by atoms with Gasteiger partial charge in [0, 0.05) is 24.6 Å². The van der Waals surface area contributed by atoms with Crippen LogP contribution in [0.25, 0.3) is 0 Å². The van der Waals surface area contributed by atoms with Crippen LogP contribution in [0.5, 0.6) is 0 Å². The molecule has 2 atom stereocenters. The molecule has 2 N–H and O–H groups in total. The van der Waals surface area contributed by atoms with E-state index in [1.165, 1.54) is 0 Å². The van der Waals surface area contributed by atoms with Gasteiger partial charge >= 0.3 is 0 Å². The first-order valence-corrected chi connectivity index (χ1v) is 6.59. The molecule has 4 nitrogen and oxygen atoms in total. The van der Waals surface area contributed by atoms with Crippen molar-refractivity contribution in [1.29, 1.82) is 0 Å². The van der Waals surface area contributed by atoms with Crippen molar-refractivity contribution in [3.63, 3.8) is 0 Å². The number of ketones is 1. The number of rotatable bonds is 4. The first kappa shape index (κ1) is 11.4. The second kappa shape index (κ2) is 4.23. The Morgan fingerprint density at radius 1 is 1.50 bits per heavy atom. The lowest BCUT2D eigenvalue weighted by Gasteiger charge is -2.07. The van der Waals surface area contributed by atoms with Gasteiger partial charge in [0.05, 0.1) is 5.75 Å². The number of nitrogens with two attached hydrogens (primary N) is 1. The van der Waals surface area contributed by atoms with E-state index in [4.69, 9.17) is 5.73 Å². The SMILES string of the molecule is CS(=O)(=O)CCC(=O)C1C=CC(N)C1. The van der Waals surface area contributed by atoms with Crippen LogP contribution in [0.2, 0.25) is 0 Å². The second-order valence-electron chi connectivity index (χ2n) is 3.74. The third-order valence-electron chi connectivity index (χ3n) is 2.25. The normalized spacial score (nSPS) is 26.7. The zero-order valence-electron chi connectivity index (χ0n) is 8.14. The minimum Gasteiger partial charge on any atom is -0.324 e. The predicted octanol–water partition coefficient (Wildman–Crippen LogP) is -0.106. The molecule has 0 aromatic rings. The van der Waals surface area contributed by atoms with Gasteiger partial charge in [-0.05, 0) is 6.42 Å². The van der Waals surface area contributed by atoms with Crippen molar-refractivity contribution in [2.45, 2.75) is 18.9 Å². The molecule has 0 amide bonds. The van der Waals surface area contributed by atoms with E-state index >= 15 is 0 Å². The Bertz CT molecular complexity index is 345. The molecule has 0 saturated carbocycles. The molecule has 1 rings (SSSR count). The van der Waals surface area contributed by atoms with Crippen LogP contribution in [0.15, 0.2) is 12.2 Å². The molecule has 0 aromatic carbocycles. The highest BCUT2D eigenvalue weighted by Crippen LogP contribution is 2.18. The number of Topliss-reactive ketones (excluding diaryl/α,β-unsaturated/α-hetero) is 1. The van der Waals surface area contributed by atoms with Gasteiger partial charge in [-0.15, -0.1) is 0 Å². The largest absolute Gasteiger partial charge is 0.324 e. The first-order valence-electron chi connectivity index (χ1n) is 4.53. The fraction of sp³-hybridized carbons (Fsp3) is 0.667. The summed E-state index contributed by atoms with van der Waals surface area (Å²) in [6, 6.07) is -0.0535. The minimum absolute atomic E-state index is 0.0281. The summed E-state index contributed by atoms with van der Waals surface area (Å²) in [5, 5.41) is 0. The van der Waals surface area contributed by atoms with Crippen LogP contribution in [0.4, 0.5) is 0 Å². The number of allylic oxidation sites excluding steroid dienone is 1. The van der Waals surface area contributed by atoms with Crippen molar-refractivity contribution in [1.82, 2.24) is 0 Å². The summed E-state index contributed by atoms with van der Waals surface area (Å²) in [4.78, 5) is 11.5. The molecule has 0 fully saturated rings. The van der Waals surface area contributed by atoms with E-state index in [1.807, 2.05) is 0 Å². The zero-order valence-corrected chi connectivity index (χ0v) is 8.96. The van der Waals surface area contributed by atoms with Gasteiger partial charge in [-0.1, -0.05) is 12.2 Å². The van der Waals surface area contributed by atoms with E-state index in [0.717, 1.165) is 6.26 Å². The Balaban J connectivity index is 2.41. The topological polar surface area (TPSA) is 77.2 Å². The molecule has 5 heteroatoms. The Kier molecular flexibility index (Phi) is 3.44. The van der Waals surface area contributed by atoms with Crippen LogP contribution in [0.3, 0.4) is 0 Å². The summed E-state index contributed by atoms with van der Waals surface area (Å²) in [6.07, 6.45) is 5.41. The molecule has 0 spiro atoms. The zero-order chi connectivity index (χ0) is 10.8. The lowest BCUT2D eigenvalue weighted by atomic mass is 10.0. The van der Waals surface area contributed by atoms with Gasteiger partial charge < -0.3 is 5.73 Å². The fourth-order valence-corrected chi connectivity index (χ4v) is 2.01. The lowest BCUT2D eigenvalue weighted by Crippen LogP contribution is -2.20. The molecular formula is C9H15NO3S. The van der Waals surface area contributed by atoms with E-state index in [-0.39, 0.29) is 29.9 Å². The lowest BCUT2D eigenvalue weighted by molar-refractivity contribution is -0.121. The molecule has 0 aliphatic heterocycles. The molecular weight excluding hydrogens is 202 g/mol. The van der Waals surface area contributed by atoms with Crippen LogP contribution in [-0.2, 0) is 14.6 Å². The highest BCUT2D eigenvalue weighted by atomic mass is 32.2. The van der Waals surface area contributed by atoms with Gasteiger partial charge in [-0.3, -0.25) is 4.79 Å². The summed E-state index contributed by atoms with van der Waals surface area (Å²) in [6.45, 7) is 0. The van der Waals surface area contributed by atoms with Crippen LogP contribution < -0.4 is 5.73 Å². The standard InChI is InChI=1S/C9H15NO3S/c1-14(12,13)5-4-9(11)7-2-3-8(10)6-7/h2-3,7-8H,4-6,10H2,1H3. The van der Waals surface area contributed by atoms with Gasteiger partial charge in [0.15, 0.2) is 0 Å². The summed E-state index contributed by atoms with van der Waals surface area (Å²) in [5.41, 5.74) is 5.59. The van der Waals surface area contributed by atoms with Crippen molar-refractivity contribution in [3.8, 4) is 0 Å². The summed E-state index contributed by atoms with van der Waals surface area (Å²) in [5.74, 6) is -0.267. The summed E-state index contributed by atoms with van der Waals surface area (Å²) < 4.78 is 21.6. The highest BCUT2D eigenvalue weighted by molar-refractivity contribution is 7.90. The maximum absolute atomic E-state index is 11.5. The first-order chi connectivity index (χ1) is 6.38. The quantitative estimate of drug-likeness (QED) is 0.667. The number of hydrogen-bond acceptors (Lipinski definition) is 4. The Labute approximate surface area is 84.1 Å². The van der Waals surface area contributed by atoms with E-state index in [0.29, 0.717) is 6.42 Å². The van der Waals surface area contributed by atoms with E-state index in [9.17, 15) is 13.2 Å². The van der Waals surface area contributed by atoms with Gasteiger partial charge in [-0.25, -0.2) is 8.42 Å². The third-order valence-corrected chi connectivity index (χ3v) is 3.20. The molecule has 0 aromatic heterocycles. The van der Waals surface area contributed by atoms with Crippen molar-refractivity contribution in [3.05, 3.63) is 12.2 Å². The molecule has 0 radical (unpaired) electrons. The van der Waals surface area contributed by atoms with Crippen LogP contribution in [0, 0.1) is 5.92 Å². The molecule has 1 aliphatic rings. The summed E-state index contributed by atoms with van der Waals surface area (Å²) >= 11 is 0. The van der Waals surface area contributed by atoms with Crippen LogP contribution >= 0.6 is 0 Å². The maximum atomic E-state index is 11.5. The van der Waals surface area contributed by atoms with E-state index < -0.39 is 9.84 Å². The summed E-state index contributed by atoms with van der Waals surface area (Å²) in [7, 11) is -3.04. The van der Waals surface area contributed by atoms with Gasteiger partial charge in [0.1, 0.15) is 15.6 Å². The molecule has 80 valence electrons. The Hall–Kier alpha value is -0.680. The fourth-order valence-electron chi connectivity index (χ4n) is 1.44. The molecule has 14 heavy (non-hydrogen) atoms. The van der Waals surface area contributed by atoms with E-state index in [2.05, 4.69) is 0 Å². The highest BCUT2D eigenvalue weighted by Gasteiger charge is 2.22. The van der Waals surface area contributed by atoms with Crippen molar-refractivity contribution >= 4 is 15.6 Å². The molecule has 0 heterocycles.